The van der Waals surface area contributed by atoms with Crippen molar-refractivity contribution in [2.75, 3.05) is 6.54 Å². The molecule has 0 bridgehead atoms. The lowest BCUT2D eigenvalue weighted by Crippen LogP contribution is -2.26. The van der Waals surface area contributed by atoms with E-state index in [4.69, 9.17) is 4.98 Å². The molecule has 0 aliphatic carbocycles. The van der Waals surface area contributed by atoms with Crippen molar-refractivity contribution in [2.24, 2.45) is 0 Å². The molecule has 2 heteroatoms. The van der Waals surface area contributed by atoms with E-state index in [1.807, 2.05) is 0 Å². The van der Waals surface area contributed by atoms with Crippen LogP contribution in [0, 0.1) is 0 Å². The van der Waals surface area contributed by atoms with Crippen molar-refractivity contribution in [3.8, 4) is 0 Å². The van der Waals surface area contributed by atoms with Gasteiger partial charge in [-0.1, -0.05) is 24.3 Å². The quantitative estimate of drug-likeness (QED) is 0.781. The van der Waals surface area contributed by atoms with Gasteiger partial charge in [0.15, 0.2) is 0 Å². The van der Waals surface area contributed by atoms with E-state index in [9.17, 15) is 0 Å². The molecule has 0 N–H and O–H groups in total. The fourth-order valence-electron chi connectivity index (χ4n) is 2.63. The minimum atomic E-state index is 0.711. The van der Waals surface area contributed by atoms with Gasteiger partial charge in [0.05, 0.1) is 11.2 Å². The molecule has 2 nitrogen and oxygen atoms in total. The number of rotatable bonds is 2. The van der Waals surface area contributed by atoms with Gasteiger partial charge in [-0.05, 0) is 38.4 Å². The van der Waals surface area contributed by atoms with Gasteiger partial charge in [-0.3, -0.25) is 9.88 Å². The zero-order valence-corrected chi connectivity index (χ0v) is 10.3. The first-order valence-corrected chi connectivity index (χ1v) is 6.42. The van der Waals surface area contributed by atoms with Crippen molar-refractivity contribution in [3.05, 3.63) is 42.1 Å². The summed E-state index contributed by atoms with van der Waals surface area (Å²) in [6.07, 6.45) is 2.66. The maximum Gasteiger partial charge on any atom is 0.0705 e. The van der Waals surface area contributed by atoms with Crippen molar-refractivity contribution in [3.63, 3.8) is 0 Å². The Labute approximate surface area is 102 Å². The zero-order chi connectivity index (χ0) is 11.7. The number of fused-ring (bicyclic) bond motifs is 1. The van der Waals surface area contributed by atoms with E-state index in [1.165, 1.54) is 30.5 Å². The summed E-state index contributed by atoms with van der Waals surface area (Å²) in [4.78, 5) is 7.26. The lowest BCUT2D eigenvalue weighted by molar-refractivity contribution is 0.257. The zero-order valence-electron chi connectivity index (χ0n) is 10.3. The van der Waals surface area contributed by atoms with Crippen LogP contribution in [0.15, 0.2) is 36.4 Å². The minimum Gasteiger partial charge on any atom is -0.295 e. The summed E-state index contributed by atoms with van der Waals surface area (Å²) in [6, 6.07) is 13.4. The molecule has 2 heterocycles. The Morgan fingerprint density at radius 3 is 2.94 bits per heavy atom. The van der Waals surface area contributed by atoms with Crippen LogP contribution in [-0.4, -0.2) is 22.5 Å². The van der Waals surface area contributed by atoms with E-state index in [2.05, 4.69) is 48.2 Å². The Balaban J connectivity index is 1.85. The number of hydrogen-bond donors (Lipinski definition) is 0. The van der Waals surface area contributed by atoms with Crippen LogP contribution >= 0.6 is 0 Å². The van der Waals surface area contributed by atoms with Crippen LogP contribution < -0.4 is 0 Å². The number of nitrogens with zero attached hydrogens (tertiary/aromatic N) is 2. The molecule has 2 aromatic rings. The molecular formula is C15H18N2. The molecule has 0 amide bonds. The number of likely N-dealkylation sites (tertiary alicyclic amines) is 1. The van der Waals surface area contributed by atoms with Gasteiger partial charge in [0, 0.05) is 18.0 Å². The Morgan fingerprint density at radius 1 is 1.24 bits per heavy atom. The summed E-state index contributed by atoms with van der Waals surface area (Å²) >= 11 is 0. The van der Waals surface area contributed by atoms with E-state index in [-0.39, 0.29) is 0 Å². The van der Waals surface area contributed by atoms with Gasteiger partial charge < -0.3 is 0 Å². The van der Waals surface area contributed by atoms with Crippen LogP contribution in [0.1, 0.15) is 25.5 Å². The van der Waals surface area contributed by atoms with Gasteiger partial charge in [-0.15, -0.1) is 0 Å². The van der Waals surface area contributed by atoms with Gasteiger partial charge in [-0.2, -0.15) is 0 Å². The lowest BCUT2D eigenvalue weighted by atomic mass is 10.2. The molecule has 0 saturated carbocycles. The summed E-state index contributed by atoms with van der Waals surface area (Å²) in [6.45, 7) is 4.52. The lowest BCUT2D eigenvalue weighted by Gasteiger charge is -2.20. The molecule has 88 valence electrons. The van der Waals surface area contributed by atoms with Gasteiger partial charge in [0.25, 0.3) is 0 Å². The minimum absolute atomic E-state index is 0.711. The third-order valence-corrected chi connectivity index (χ3v) is 3.71. The van der Waals surface area contributed by atoms with Crippen molar-refractivity contribution in [2.45, 2.75) is 32.4 Å². The van der Waals surface area contributed by atoms with Crippen LogP contribution in [0.4, 0.5) is 0 Å². The molecule has 0 spiro atoms. The smallest absolute Gasteiger partial charge is 0.0705 e. The second-order valence-electron chi connectivity index (χ2n) is 4.96. The van der Waals surface area contributed by atoms with Crippen molar-refractivity contribution in [1.29, 1.82) is 0 Å². The fourth-order valence-corrected chi connectivity index (χ4v) is 2.63. The molecular weight excluding hydrogens is 208 g/mol. The highest BCUT2D eigenvalue weighted by atomic mass is 15.2. The van der Waals surface area contributed by atoms with Gasteiger partial charge in [-0.25, -0.2) is 0 Å². The number of benzene rings is 1. The van der Waals surface area contributed by atoms with Gasteiger partial charge in [0.1, 0.15) is 0 Å². The molecule has 17 heavy (non-hydrogen) atoms. The first kappa shape index (κ1) is 10.7. The number of para-hydroxylation sites is 1. The Bertz CT molecular complexity index is 521. The van der Waals surface area contributed by atoms with Crippen LogP contribution in [0.3, 0.4) is 0 Å². The Morgan fingerprint density at radius 2 is 2.12 bits per heavy atom. The molecule has 0 radical (unpaired) electrons. The van der Waals surface area contributed by atoms with Crippen LogP contribution in [0.5, 0.6) is 0 Å². The van der Waals surface area contributed by atoms with Crippen molar-refractivity contribution < 1.29 is 0 Å². The Hall–Kier alpha value is -1.41. The van der Waals surface area contributed by atoms with E-state index < -0.39 is 0 Å². The average Bonchev–Trinajstić information content (AvgIpc) is 2.75. The highest BCUT2D eigenvalue weighted by molar-refractivity contribution is 5.78. The number of pyridine rings is 1. The summed E-state index contributed by atoms with van der Waals surface area (Å²) in [7, 11) is 0. The monoisotopic (exact) mass is 226 g/mol. The highest BCUT2D eigenvalue weighted by Gasteiger charge is 2.20. The first-order chi connectivity index (χ1) is 8.33. The molecule has 1 saturated heterocycles. The summed E-state index contributed by atoms with van der Waals surface area (Å²) < 4.78 is 0. The van der Waals surface area contributed by atoms with E-state index in [0.717, 1.165) is 12.1 Å². The van der Waals surface area contributed by atoms with Crippen LogP contribution in [-0.2, 0) is 6.54 Å². The van der Waals surface area contributed by atoms with E-state index >= 15 is 0 Å². The molecule has 3 rings (SSSR count). The Kier molecular flexibility index (Phi) is 2.81. The molecule has 1 aromatic heterocycles. The van der Waals surface area contributed by atoms with Gasteiger partial charge in [0.2, 0.25) is 0 Å². The van der Waals surface area contributed by atoms with E-state index in [1.54, 1.807) is 0 Å². The van der Waals surface area contributed by atoms with E-state index in [0.29, 0.717) is 6.04 Å². The fraction of sp³-hybridized carbons (Fsp3) is 0.400. The van der Waals surface area contributed by atoms with Crippen LogP contribution in [0.25, 0.3) is 10.9 Å². The first-order valence-electron chi connectivity index (χ1n) is 6.42. The number of hydrogen-bond acceptors (Lipinski definition) is 2. The molecule has 1 aliphatic heterocycles. The highest BCUT2D eigenvalue weighted by Crippen LogP contribution is 2.20. The van der Waals surface area contributed by atoms with Crippen molar-refractivity contribution in [1.82, 2.24) is 9.88 Å². The second-order valence-corrected chi connectivity index (χ2v) is 4.96. The van der Waals surface area contributed by atoms with Crippen molar-refractivity contribution >= 4 is 10.9 Å². The maximum atomic E-state index is 4.73. The molecule has 1 aliphatic rings. The summed E-state index contributed by atoms with van der Waals surface area (Å²) in [5, 5.41) is 1.23. The average molecular weight is 226 g/mol. The summed E-state index contributed by atoms with van der Waals surface area (Å²) in [5.74, 6) is 0. The maximum absolute atomic E-state index is 4.73. The third kappa shape index (κ3) is 2.18. The molecule has 1 atom stereocenters. The molecule has 1 aromatic carbocycles. The molecule has 1 unspecified atom stereocenters. The third-order valence-electron chi connectivity index (χ3n) is 3.71. The predicted molar refractivity (Wildman–Crippen MR) is 70.8 cm³/mol. The second kappa shape index (κ2) is 4.46. The standard InChI is InChI=1S/C15H18N2/c1-12-5-4-10-17(12)11-14-9-8-13-6-2-3-7-15(13)16-14/h2-3,6-9,12H,4-5,10-11H2,1H3. The largest absolute Gasteiger partial charge is 0.295 e. The van der Waals surface area contributed by atoms with Crippen LogP contribution in [0.2, 0.25) is 0 Å². The topological polar surface area (TPSA) is 16.1 Å². The number of aromatic nitrogens is 1. The molecule has 1 fully saturated rings. The van der Waals surface area contributed by atoms with Gasteiger partial charge >= 0.3 is 0 Å². The SMILES string of the molecule is CC1CCCN1Cc1ccc2ccccc2n1. The summed E-state index contributed by atoms with van der Waals surface area (Å²) in [5.41, 5.74) is 2.30. The normalized spacial score (nSPS) is 21.1. The predicted octanol–water partition coefficient (Wildman–Crippen LogP) is 3.22.